The Morgan fingerprint density at radius 3 is 2.26 bits per heavy atom. The first-order chi connectivity index (χ1) is 8.69. The van der Waals surface area contributed by atoms with Crippen LogP contribution in [0.5, 0.6) is 0 Å². The number of hydrogen-bond acceptors (Lipinski definition) is 5. The van der Waals surface area contributed by atoms with Crippen LogP contribution in [0.4, 0.5) is 5.69 Å². The number of ether oxygens (including phenoxy) is 1. The van der Waals surface area contributed by atoms with Crippen molar-refractivity contribution in [2.45, 2.75) is 17.9 Å². The van der Waals surface area contributed by atoms with Gasteiger partial charge in [-0.2, -0.15) is 4.72 Å². The second kappa shape index (κ2) is 5.96. The molecule has 19 heavy (non-hydrogen) atoms. The van der Waals surface area contributed by atoms with Gasteiger partial charge in [0, 0.05) is 5.69 Å². The van der Waals surface area contributed by atoms with Crippen molar-refractivity contribution < 1.29 is 17.9 Å². The molecule has 0 saturated carbocycles. The van der Waals surface area contributed by atoms with Crippen LogP contribution in [0.1, 0.15) is 6.92 Å². The van der Waals surface area contributed by atoms with Crippen molar-refractivity contribution in [2.24, 2.45) is 0 Å². The van der Waals surface area contributed by atoms with Crippen LogP contribution in [-0.4, -0.2) is 27.5 Å². The second-order valence-electron chi connectivity index (χ2n) is 3.68. The largest absolute Gasteiger partial charge is 0.468 e. The highest BCUT2D eigenvalue weighted by Gasteiger charge is 2.27. The number of esters is 1. The molecule has 9 heteroatoms. The van der Waals surface area contributed by atoms with E-state index in [2.05, 4.69) is 9.46 Å². The third-order valence-corrected chi connectivity index (χ3v) is 4.64. The summed E-state index contributed by atoms with van der Waals surface area (Å²) in [6.07, 6.45) is 0. The highest BCUT2D eigenvalue weighted by molar-refractivity contribution is 7.89. The van der Waals surface area contributed by atoms with Crippen LogP contribution in [-0.2, 0) is 19.6 Å². The van der Waals surface area contributed by atoms with Gasteiger partial charge in [0.05, 0.1) is 17.2 Å². The number of hydrogen-bond donors (Lipinski definition) is 2. The zero-order valence-corrected chi connectivity index (χ0v) is 12.4. The van der Waals surface area contributed by atoms with Gasteiger partial charge in [-0.3, -0.25) is 4.79 Å². The van der Waals surface area contributed by atoms with E-state index in [4.69, 9.17) is 28.9 Å². The van der Waals surface area contributed by atoms with Gasteiger partial charge in [0.1, 0.15) is 10.9 Å². The quantitative estimate of drug-likeness (QED) is 0.644. The van der Waals surface area contributed by atoms with Gasteiger partial charge in [-0.1, -0.05) is 23.2 Å². The molecule has 106 valence electrons. The number of anilines is 1. The van der Waals surface area contributed by atoms with Crippen molar-refractivity contribution in [1.29, 1.82) is 0 Å². The molecule has 0 heterocycles. The summed E-state index contributed by atoms with van der Waals surface area (Å²) in [6, 6.07) is 1.44. The Labute approximate surface area is 120 Å². The molecular weight excluding hydrogens is 315 g/mol. The number of carbonyl (C=O) groups is 1. The second-order valence-corrected chi connectivity index (χ2v) is 6.15. The lowest BCUT2D eigenvalue weighted by Gasteiger charge is -2.14. The van der Waals surface area contributed by atoms with Gasteiger partial charge in [0.2, 0.25) is 10.0 Å². The fraction of sp³-hybridized carbons (Fsp3) is 0.300. The van der Waals surface area contributed by atoms with Crippen molar-refractivity contribution in [1.82, 2.24) is 4.72 Å². The first-order valence-corrected chi connectivity index (χ1v) is 7.27. The minimum atomic E-state index is -4.06. The molecule has 0 aromatic heterocycles. The molecule has 0 aliphatic rings. The van der Waals surface area contributed by atoms with Crippen molar-refractivity contribution in [3.05, 3.63) is 22.2 Å². The fourth-order valence-corrected chi connectivity index (χ4v) is 3.78. The van der Waals surface area contributed by atoms with Crippen LogP contribution in [0, 0.1) is 0 Å². The van der Waals surface area contributed by atoms with Crippen molar-refractivity contribution in [2.75, 3.05) is 12.8 Å². The summed E-state index contributed by atoms with van der Waals surface area (Å²) in [4.78, 5) is 10.9. The number of halogens is 2. The highest BCUT2D eigenvalue weighted by Crippen LogP contribution is 2.31. The maximum Gasteiger partial charge on any atom is 0.323 e. The molecule has 1 aromatic carbocycles. The van der Waals surface area contributed by atoms with Gasteiger partial charge in [0.25, 0.3) is 0 Å². The lowest BCUT2D eigenvalue weighted by molar-refractivity contribution is -0.142. The number of rotatable bonds is 4. The lowest BCUT2D eigenvalue weighted by Crippen LogP contribution is -2.39. The van der Waals surface area contributed by atoms with Crippen LogP contribution < -0.4 is 10.5 Å². The topological polar surface area (TPSA) is 98.5 Å². The molecule has 0 amide bonds. The Bertz CT molecular complexity index is 581. The molecule has 0 saturated heterocycles. The molecule has 0 aliphatic heterocycles. The number of carbonyl (C=O) groups excluding carboxylic acids is 1. The van der Waals surface area contributed by atoms with Crippen molar-refractivity contribution in [3.8, 4) is 0 Å². The maximum atomic E-state index is 12.1. The Morgan fingerprint density at radius 1 is 1.37 bits per heavy atom. The van der Waals surface area contributed by atoms with Gasteiger partial charge >= 0.3 is 5.97 Å². The van der Waals surface area contributed by atoms with Crippen LogP contribution >= 0.6 is 23.2 Å². The number of benzene rings is 1. The van der Waals surface area contributed by atoms with Gasteiger partial charge in [-0.25, -0.2) is 8.42 Å². The molecule has 6 nitrogen and oxygen atoms in total. The maximum absolute atomic E-state index is 12.1. The van der Waals surface area contributed by atoms with Gasteiger partial charge in [-0.15, -0.1) is 0 Å². The third-order valence-electron chi connectivity index (χ3n) is 2.18. The van der Waals surface area contributed by atoms with Gasteiger partial charge in [-0.05, 0) is 19.1 Å². The van der Waals surface area contributed by atoms with Crippen LogP contribution in [0.3, 0.4) is 0 Å². The molecule has 0 fully saturated rings. The summed E-state index contributed by atoms with van der Waals surface area (Å²) in [5.74, 6) is -0.730. The molecule has 1 unspecified atom stereocenters. The van der Waals surface area contributed by atoms with E-state index in [1.54, 1.807) is 0 Å². The minimum absolute atomic E-state index is 0.130. The fourth-order valence-electron chi connectivity index (χ4n) is 1.35. The Kier molecular flexibility index (Phi) is 5.03. The number of nitrogens with two attached hydrogens (primary N) is 1. The number of methoxy groups -OCH3 is 1. The summed E-state index contributed by atoms with van der Waals surface area (Å²) in [6.45, 7) is 1.34. The SMILES string of the molecule is COC(=O)C(C)NS(=O)(=O)c1c(Cl)cc(N)cc1Cl. The molecular formula is C10H12Cl2N2O4S. The van der Waals surface area contributed by atoms with E-state index < -0.39 is 22.0 Å². The normalized spacial score (nSPS) is 13.1. The molecule has 1 atom stereocenters. The molecule has 3 N–H and O–H groups in total. The molecule has 0 aliphatic carbocycles. The summed E-state index contributed by atoms with van der Waals surface area (Å²) < 4.78 is 30.7. The summed E-state index contributed by atoms with van der Waals surface area (Å²) >= 11 is 11.6. The standard InChI is InChI=1S/C10H12Cl2N2O4S/c1-5(10(15)18-2)14-19(16,17)9-7(11)3-6(13)4-8(9)12/h3-5,14H,13H2,1-2H3. The predicted octanol–water partition coefficient (Wildman–Crippen LogP) is 1.42. The third kappa shape index (κ3) is 3.73. The van der Waals surface area contributed by atoms with E-state index in [-0.39, 0.29) is 20.6 Å². The van der Waals surface area contributed by atoms with Crippen LogP contribution in [0.15, 0.2) is 17.0 Å². The number of sulfonamides is 1. The summed E-state index contributed by atoms with van der Waals surface area (Å²) in [5, 5.41) is -0.260. The van der Waals surface area contributed by atoms with Gasteiger partial charge < -0.3 is 10.5 Å². The predicted molar refractivity (Wildman–Crippen MR) is 72.7 cm³/mol. The summed E-state index contributed by atoms with van der Waals surface area (Å²) in [7, 11) is -2.91. The number of nitrogen functional groups attached to an aromatic ring is 1. The van der Waals surface area contributed by atoms with E-state index in [1.807, 2.05) is 0 Å². The highest BCUT2D eigenvalue weighted by atomic mass is 35.5. The van der Waals surface area contributed by atoms with E-state index in [0.29, 0.717) is 0 Å². The van der Waals surface area contributed by atoms with E-state index in [1.165, 1.54) is 19.1 Å². The summed E-state index contributed by atoms with van der Waals surface area (Å²) in [5.41, 5.74) is 5.72. The lowest BCUT2D eigenvalue weighted by atomic mass is 10.3. The van der Waals surface area contributed by atoms with E-state index >= 15 is 0 Å². The average Bonchev–Trinajstić information content (AvgIpc) is 2.24. The van der Waals surface area contributed by atoms with Crippen LogP contribution in [0.25, 0.3) is 0 Å². The number of nitrogens with one attached hydrogen (secondary N) is 1. The monoisotopic (exact) mass is 326 g/mol. The van der Waals surface area contributed by atoms with Gasteiger partial charge in [0.15, 0.2) is 0 Å². The Morgan fingerprint density at radius 2 is 1.84 bits per heavy atom. The van der Waals surface area contributed by atoms with Crippen LogP contribution in [0.2, 0.25) is 10.0 Å². The van der Waals surface area contributed by atoms with E-state index in [9.17, 15) is 13.2 Å². The molecule has 0 bridgehead atoms. The first kappa shape index (κ1) is 16.0. The molecule has 1 rings (SSSR count). The van der Waals surface area contributed by atoms with Crippen molar-refractivity contribution >= 4 is 44.9 Å². The van der Waals surface area contributed by atoms with Crippen molar-refractivity contribution in [3.63, 3.8) is 0 Å². The Hall–Kier alpha value is -1.02. The minimum Gasteiger partial charge on any atom is -0.468 e. The smallest absolute Gasteiger partial charge is 0.323 e. The molecule has 1 aromatic rings. The zero-order valence-electron chi connectivity index (χ0n) is 10.1. The first-order valence-electron chi connectivity index (χ1n) is 5.03. The zero-order chi connectivity index (χ0) is 14.8. The average molecular weight is 327 g/mol. The Balaban J connectivity index is 3.18. The molecule has 0 spiro atoms. The van der Waals surface area contributed by atoms with E-state index in [0.717, 1.165) is 7.11 Å². The molecule has 0 radical (unpaired) electrons.